The first-order chi connectivity index (χ1) is 13.8. The molecule has 0 saturated heterocycles. The highest BCUT2D eigenvalue weighted by atomic mass is 16.6. The van der Waals surface area contributed by atoms with Gasteiger partial charge in [0.1, 0.15) is 11.2 Å². The lowest BCUT2D eigenvalue weighted by molar-refractivity contribution is 0.316. The quantitative estimate of drug-likeness (QED) is 0.321. The van der Waals surface area contributed by atoms with Crippen molar-refractivity contribution in [3.8, 4) is 11.9 Å². The van der Waals surface area contributed by atoms with E-state index < -0.39 is 0 Å². The van der Waals surface area contributed by atoms with E-state index in [2.05, 4.69) is 48.5 Å². The molecule has 0 saturated carbocycles. The Balaban J connectivity index is 1.73. The number of hydrogen-bond acceptors (Lipinski definition) is 4. The fourth-order valence-corrected chi connectivity index (χ4v) is 4.19. The van der Waals surface area contributed by atoms with Crippen LogP contribution < -0.4 is 9.47 Å². The Morgan fingerprint density at radius 2 is 0.857 bits per heavy atom. The maximum Gasteiger partial charge on any atom is 0.285 e. The molecule has 0 fully saturated rings. The Kier molecular flexibility index (Phi) is 2.98. The highest BCUT2D eigenvalue weighted by Gasteiger charge is 2.13. The highest BCUT2D eigenvalue weighted by Crippen LogP contribution is 2.39. The fraction of sp³-hybridized carbons (Fsp3) is 0.0833. The van der Waals surface area contributed by atoms with Crippen LogP contribution in [-0.2, 0) is 0 Å². The molecule has 4 aromatic carbocycles. The average molecular weight is 368 g/mol. The molecule has 0 spiro atoms. The Labute approximate surface area is 159 Å². The van der Waals surface area contributed by atoms with Crippen LogP contribution in [0.3, 0.4) is 0 Å². The third-order valence-corrected chi connectivity index (χ3v) is 5.51. The van der Waals surface area contributed by atoms with Gasteiger partial charge in [0, 0.05) is 33.7 Å². The first-order valence-corrected chi connectivity index (χ1v) is 9.09. The second kappa shape index (κ2) is 5.42. The zero-order chi connectivity index (χ0) is 18.8. The van der Waals surface area contributed by atoms with Gasteiger partial charge in [0.2, 0.25) is 0 Å². The molecule has 0 amide bonds. The van der Waals surface area contributed by atoms with Gasteiger partial charge in [0.25, 0.3) is 11.9 Å². The minimum absolute atomic E-state index is 0.523. The van der Waals surface area contributed by atoms with Crippen molar-refractivity contribution in [2.45, 2.75) is 0 Å². The summed E-state index contributed by atoms with van der Waals surface area (Å²) in [6, 6.07) is 20.8. The lowest BCUT2D eigenvalue weighted by Crippen LogP contribution is -1.82. The summed E-state index contributed by atoms with van der Waals surface area (Å²) in [6.07, 6.45) is 0. The molecular weight excluding hydrogens is 352 g/mol. The van der Waals surface area contributed by atoms with Crippen LogP contribution in [0.5, 0.6) is 11.9 Å². The van der Waals surface area contributed by atoms with E-state index in [-0.39, 0.29) is 0 Å². The van der Waals surface area contributed by atoms with E-state index in [4.69, 9.17) is 18.3 Å². The van der Waals surface area contributed by atoms with Crippen LogP contribution in [0.25, 0.3) is 54.3 Å². The van der Waals surface area contributed by atoms with Crippen molar-refractivity contribution >= 4 is 54.3 Å². The molecule has 6 aromatic rings. The fourth-order valence-electron chi connectivity index (χ4n) is 4.19. The van der Waals surface area contributed by atoms with Gasteiger partial charge in [-0.3, -0.25) is 0 Å². The third-order valence-electron chi connectivity index (χ3n) is 5.51. The summed E-state index contributed by atoms with van der Waals surface area (Å²) in [4.78, 5) is 0. The van der Waals surface area contributed by atoms with E-state index >= 15 is 0 Å². The third kappa shape index (κ3) is 1.94. The summed E-state index contributed by atoms with van der Waals surface area (Å²) >= 11 is 0. The molecule has 0 unspecified atom stereocenters. The van der Waals surface area contributed by atoms with Gasteiger partial charge >= 0.3 is 0 Å². The van der Waals surface area contributed by atoms with Gasteiger partial charge in [-0.2, -0.15) is 0 Å². The Morgan fingerprint density at radius 1 is 0.500 bits per heavy atom. The summed E-state index contributed by atoms with van der Waals surface area (Å²) in [6.45, 7) is 0. The van der Waals surface area contributed by atoms with Crippen LogP contribution in [0, 0.1) is 0 Å². The number of methoxy groups -OCH3 is 2. The monoisotopic (exact) mass is 368 g/mol. The molecule has 136 valence electrons. The number of fused-ring (bicyclic) bond motifs is 9. The van der Waals surface area contributed by atoms with E-state index in [1.807, 2.05) is 12.1 Å². The minimum Gasteiger partial charge on any atom is -0.468 e. The van der Waals surface area contributed by atoms with Crippen LogP contribution in [0.4, 0.5) is 0 Å². The summed E-state index contributed by atoms with van der Waals surface area (Å²) in [5, 5.41) is 8.90. The smallest absolute Gasteiger partial charge is 0.285 e. The predicted octanol–water partition coefficient (Wildman–Crippen LogP) is 6.66. The minimum atomic E-state index is 0.523. The molecule has 0 bridgehead atoms. The Morgan fingerprint density at radius 3 is 1.29 bits per heavy atom. The summed E-state index contributed by atoms with van der Waals surface area (Å²) < 4.78 is 22.3. The number of benzene rings is 4. The number of hydrogen-bond donors (Lipinski definition) is 0. The van der Waals surface area contributed by atoms with Crippen LogP contribution in [0.1, 0.15) is 0 Å². The van der Waals surface area contributed by atoms with Gasteiger partial charge in [0.05, 0.1) is 14.2 Å². The molecule has 4 nitrogen and oxygen atoms in total. The van der Waals surface area contributed by atoms with Crippen molar-refractivity contribution in [2.75, 3.05) is 14.2 Å². The molecule has 28 heavy (non-hydrogen) atoms. The molecule has 0 aliphatic heterocycles. The summed E-state index contributed by atoms with van der Waals surface area (Å²) in [5.41, 5.74) is 1.70. The van der Waals surface area contributed by atoms with E-state index in [0.717, 1.165) is 43.5 Å². The van der Waals surface area contributed by atoms with Crippen molar-refractivity contribution in [3.63, 3.8) is 0 Å². The standard InChI is InChI=1S/C24H16O4/c1-25-21-11-13-3-5-17-15-8-10-20-18(16(15)7-9-19(17)23(13)27-21)6-4-14-12-22(26-2)28-24(14)20/h3-12H,1-2H3. The van der Waals surface area contributed by atoms with Crippen LogP contribution in [0.15, 0.2) is 69.5 Å². The van der Waals surface area contributed by atoms with Crippen molar-refractivity contribution in [3.05, 3.63) is 60.7 Å². The van der Waals surface area contributed by atoms with Crippen LogP contribution in [0.2, 0.25) is 0 Å². The summed E-state index contributed by atoms with van der Waals surface area (Å²) in [7, 11) is 3.23. The molecule has 6 rings (SSSR count). The first-order valence-electron chi connectivity index (χ1n) is 9.09. The number of rotatable bonds is 2. The highest BCUT2D eigenvalue weighted by molar-refractivity contribution is 6.23. The lowest BCUT2D eigenvalue weighted by atomic mass is 9.96. The van der Waals surface area contributed by atoms with Gasteiger partial charge in [-0.1, -0.05) is 36.4 Å². The molecule has 0 radical (unpaired) electrons. The topological polar surface area (TPSA) is 44.7 Å². The molecule has 0 aliphatic carbocycles. The largest absolute Gasteiger partial charge is 0.468 e. The van der Waals surface area contributed by atoms with Gasteiger partial charge in [-0.15, -0.1) is 0 Å². The molecule has 0 aliphatic rings. The van der Waals surface area contributed by atoms with Crippen molar-refractivity contribution in [1.29, 1.82) is 0 Å². The Bertz CT molecular complexity index is 1420. The summed E-state index contributed by atoms with van der Waals surface area (Å²) in [5.74, 6) is 1.05. The van der Waals surface area contributed by atoms with E-state index in [1.54, 1.807) is 14.2 Å². The predicted molar refractivity (Wildman–Crippen MR) is 112 cm³/mol. The van der Waals surface area contributed by atoms with Crippen molar-refractivity contribution in [1.82, 2.24) is 0 Å². The van der Waals surface area contributed by atoms with Crippen molar-refractivity contribution in [2.24, 2.45) is 0 Å². The first kappa shape index (κ1) is 15.4. The van der Waals surface area contributed by atoms with Crippen LogP contribution >= 0.6 is 0 Å². The zero-order valence-corrected chi connectivity index (χ0v) is 15.4. The molecule has 0 N–H and O–H groups in total. The van der Waals surface area contributed by atoms with Gasteiger partial charge in [-0.05, 0) is 33.7 Å². The molecule has 2 heterocycles. The second-order valence-electron chi connectivity index (χ2n) is 6.92. The Hall–Kier alpha value is -3.66. The lowest BCUT2D eigenvalue weighted by Gasteiger charge is -2.08. The number of ether oxygens (including phenoxy) is 2. The molecule has 0 atom stereocenters. The number of furan rings is 2. The normalized spacial score (nSPS) is 11.9. The van der Waals surface area contributed by atoms with Gasteiger partial charge < -0.3 is 18.3 Å². The SMILES string of the molecule is COc1cc2ccc3c4ccc5c(ccc6cc(OC)oc65)c4ccc3c2o1. The molecule has 4 heteroatoms. The maximum absolute atomic E-state index is 5.89. The second-order valence-corrected chi connectivity index (χ2v) is 6.92. The molecule has 2 aromatic heterocycles. The molecular formula is C24H16O4. The van der Waals surface area contributed by atoms with E-state index in [9.17, 15) is 0 Å². The zero-order valence-electron chi connectivity index (χ0n) is 15.4. The van der Waals surface area contributed by atoms with Gasteiger partial charge in [-0.25, -0.2) is 0 Å². The van der Waals surface area contributed by atoms with Crippen LogP contribution in [-0.4, -0.2) is 14.2 Å². The van der Waals surface area contributed by atoms with E-state index in [1.165, 1.54) is 10.8 Å². The van der Waals surface area contributed by atoms with Gasteiger partial charge in [0.15, 0.2) is 0 Å². The van der Waals surface area contributed by atoms with E-state index in [0.29, 0.717) is 11.9 Å². The maximum atomic E-state index is 5.89. The van der Waals surface area contributed by atoms with Crippen molar-refractivity contribution < 1.29 is 18.3 Å². The average Bonchev–Trinajstić information content (AvgIpc) is 3.36.